The van der Waals surface area contributed by atoms with Crippen molar-refractivity contribution in [3.05, 3.63) is 46.5 Å². The molecule has 0 fully saturated rings. The van der Waals surface area contributed by atoms with Crippen LogP contribution < -0.4 is 24.4 Å². The van der Waals surface area contributed by atoms with E-state index in [1.165, 1.54) is 6.92 Å². The van der Waals surface area contributed by atoms with Gasteiger partial charge in [0, 0.05) is 23.6 Å². The molecule has 2 amide bonds. The van der Waals surface area contributed by atoms with Crippen molar-refractivity contribution in [1.29, 1.82) is 0 Å². The highest BCUT2D eigenvalue weighted by atomic mass is 35.5. The van der Waals surface area contributed by atoms with Crippen LogP contribution in [0.2, 0.25) is 5.02 Å². The fourth-order valence-electron chi connectivity index (χ4n) is 3.30. The molecule has 0 unspecified atom stereocenters. The van der Waals surface area contributed by atoms with E-state index in [1.54, 1.807) is 42.3 Å². The number of anilines is 1. The molecule has 4 rings (SSSR count). The predicted molar refractivity (Wildman–Crippen MR) is 98.3 cm³/mol. The highest BCUT2D eigenvalue weighted by Gasteiger charge is 2.38. The third-order valence-corrected chi connectivity index (χ3v) is 4.92. The van der Waals surface area contributed by atoms with E-state index in [9.17, 15) is 9.59 Å². The van der Waals surface area contributed by atoms with Crippen LogP contribution in [0.15, 0.2) is 30.3 Å². The zero-order valence-electron chi connectivity index (χ0n) is 14.7. The van der Waals surface area contributed by atoms with Crippen LogP contribution in [0, 0.1) is 0 Å². The van der Waals surface area contributed by atoms with Gasteiger partial charge in [-0.15, -0.1) is 0 Å². The third-order valence-electron chi connectivity index (χ3n) is 4.57. The molecule has 7 nitrogen and oxygen atoms in total. The highest BCUT2D eigenvalue weighted by molar-refractivity contribution is 6.31. The average Bonchev–Trinajstić information content (AvgIpc) is 3.19. The van der Waals surface area contributed by atoms with Gasteiger partial charge in [0.2, 0.25) is 12.7 Å². The Morgan fingerprint density at radius 1 is 1.30 bits per heavy atom. The van der Waals surface area contributed by atoms with Crippen molar-refractivity contribution in [3.8, 4) is 17.2 Å². The van der Waals surface area contributed by atoms with Crippen LogP contribution >= 0.6 is 11.6 Å². The second-order valence-corrected chi connectivity index (χ2v) is 6.69. The molecule has 140 valence electrons. The summed E-state index contributed by atoms with van der Waals surface area (Å²) in [4.78, 5) is 26.2. The van der Waals surface area contributed by atoms with E-state index in [-0.39, 0.29) is 25.2 Å². The number of nitrogens with one attached hydrogen (secondary N) is 1. The fraction of sp³-hybridized carbons (Fsp3) is 0.263. The van der Waals surface area contributed by atoms with Gasteiger partial charge in [0.25, 0.3) is 5.91 Å². The summed E-state index contributed by atoms with van der Waals surface area (Å²) >= 11 is 6.37. The Labute approximate surface area is 160 Å². The van der Waals surface area contributed by atoms with Gasteiger partial charge in [-0.1, -0.05) is 11.6 Å². The number of carbonyl (C=O) groups excluding carboxylic acids is 2. The number of fused-ring (bicyclic) bond motifs is 2. The van der Waals surface area contributed by atoms with E-state index in [0.717, 1.165) is 5.56 Å². The summed E-state index contributed by atoms with van der Waals surface area (Å²) in [6.07, 6.45) is 0. The standard InChI is InChI=1S/C19H17ClN2O5/c1-10(23)21-18-13-6-12(25-2)3-4-15(13)22(19(18)24)8-11-5-16-17(7-14(11)20)27-9-26-16/h3-7,18H,8-9H2,1-2H3,(H,21,23)/t18-/m0/s1. The van der Waals surface area contributed by atoms with Gasteiger partial charge >= 0.3 is 0 Å². The first-order chi connectivity index (χ1) is 13.0. The van der Waals surface area contributed by atoms with Crippen molar-refractivity contribution in [2.24, 2.45) is 0 Å². The van der Waals surface area contributed by atoms with Gasteiger partial charge in [-0.25, -0.2) is 0 Å². The Morgan fingerprint density at radius 3 is 2.74 bits per heavy atom. The largest absolute Gasteiger partial charge is 0.497 e. The summed E-state index contributed by atoms with van der Waals surface area (Å²) in [5.41, 5.74) is 2.11. The van der Waals surface area contributed by atoms with Crippen molar-refractivity contribution in [1.82, 2.24) is 5.32 Å². The van der Waals surface area contributed by atoms with E-state index >= 15 is 0 Å². The number of halogens is 1. The molecule has 0 saturated heterocycles. The normalized spacial score (nSPS) is 17.1. The van der Waals surface area contributed by atoms with Crippen molar-refractivity contribution < 1.29 is 23.8 Å². The minimum absolute atomic E-state index is 0.144. The monoisotopic (exact) mass is 388 g/mol. The van der Waals surface area contributed by atoms with Crippen LogP contribution in [-0.2, 0) is 16.1 Å². The lowest BCUT2D eigenvalue weighted by Gasteiger charge is -2.19. The summed E-state index contributed by atoms with van der Waals surface area (Å²) < 4.78 is 16.0. The minimum atomic E-state index is -0.764. The molecule has 2 aromatic carbocycles. The minimum Gasteiger partial charge on any atom is -0.497 e. The quantitative estimate of drug-likeness (QED) is 0.871. The molecule has 1 N–H and O–H groups in total. The second kappa shape index (κ2) is 6.66. The SMILES string of the molecule is COc1ccc2c(c1)[C@H](NC(C)=O)C(=O)N2Cc1cc2c(cc1Cl)OCO2. The lowest BCUT2D eigenvalue weighted by Crippen LogP contribution is -2.36. The van der Waals surface area contributed by atoms with E-state index < -0.39 is 6.04 Å². The van der Waals surface area contributed by atoms with Crippen LogP contribution in [0.1, 0.15) is 24.1 Å². The summed E-state index contributed by atoms with van der Waals surface area (Å²) in [6, 6.07) is 8.02. The summed E-state index contributed by atoms with van der Waals surface area (Å²) in [5, 5.41) is 3.18. The first kappa shape index (κ1) is 17.5. The van der Waals surface area contributed by atoms with Crippen molar-refractivity contribution >= 4 is 29.1 Å². The van der Waals surface area contributed by atoms with Crippen LogP contribution in [-0.4, -0.2) is 25.7 Å². The van der Waals surface area contributed by atoms with Gasteiger partial charge in [-0.05, 0) is 29.8 Å². The second-order valence-electron chi connectivity index (χ2n) is 6.28. The number of benzene rings is 2. The van der Waals surface area contributed by atoms with Gasteiger partial charge in [0.1, 0.15) is 11.8 Å². The molecule has 8 heteroatoms. The maximum absolute atomic E-state index is 13.0. The number of rotatable bonds is 4. The van der Waals surface area contributed by atoms with Gasteiger partial charge in [-0.3, -0.25) is 9.59 Å². The first-order valence-electron chi connectivity index (χ1n) is 8.32. The molecule has 0 radical (unpaired) electrons. The van der Waals surface area contributed by atoms with Crippen LogP contribution in [0.3, 0.4) is 0 Å². The van der Waals surface area contributed by atoms with E-state index in [2.05, 4.69) is 5.32 Å². The molecule has 0 aromatic heterocycles. The number of hydrogen-bond donors (Lipinski definition) is 1. The number of ether oxygens (including phenoxy) is 3. The Morgan fingerprint density at radius 2 is 2.04 bits per heavy atom. The molecule has 0 spiro atoms. The summed E-state index contributed by atoms with van der Waals surface area (Å²) in [6.45, 7) is 1.76. The Bertz CT molecular complexity index is 946. The molecule has 0 saturated carbocycles. The van der Waals surface area contributed by atoms with Gasteiger partial charge in [0.15, 0.2) is 11.5 Å². The molecule has 0 aliphatic carbocycles. The fourth-order valence-corrected chi connectivity index (χ4v) is 3.51. The lowest BCUT2D eigenvalue weighted by atomic mass is 10.1. The van der Waals surface area contributed by atoms with Crippen LogP contribution in [0.25, 0.3) is 0 Å². The molecule has 2 aliphatic heterocycles. The number of carbonyl (C=O) groups is 2. The maximum Gasteiger partial charge on any atom is 0.254 e. The highest BCUT2D eigenvalue weighted by Crippen LogP contribution is 2.42. The van der Waals surface area contributed by atoms with Crippen LogP contribution in [0.5, 0.6) is 17.2 Å². The number of nitrogens with zero attached hydrogens (tertiary/aromatic N) is 1. The van der Waals surface area contributed by atoms with E-state index in [4.69, 9.17) is 25.8 Å². The average molecular weight is 389 g/mol. The van der Waals surface area contributed by atoms with Crippen molar-refractivity contribution in [2.75, 3.05) is 18.8 Å². The summed E-state index contributed by atoms with van der Waals surface area (Å²) in [7, 11) is 1.55. The van der Waals surface area contributed by atoms with Gasteiger partial charge in [0.05, 0.1) is 19.3 Å². The van der Waals surface area contributed by atoms with Gasteiger partial charge in [-0.2, -0.15) is 0 Å². The molecule has 2 heterocycles. The Balaban J connectivity index is 1.71. The topological polar surface area (TPSA) is 77.1 Å². The number of hydrogen-bond acceptors (Lipinski definition) is 5. The molecule has 2 aliphatic rings. The molecular weight excluding hydrogens is 372 g/mol. The smallest absolute Gasteiger partial charge is 0.254 e. The molecular formula is C19H17ClN2O5. The number of methoxy groups -OCH3 is 1. The first-order valence-corrected chi connectivity index (χ1v) is 8.70. The molecule has 1 atom stereocenters. The third kappa shape index (κ3) is 3.04. The van der Waals surface area contributed by atoms with Crippen molar-refractivity contribution in [3.63, 3.8) is 0 Å². The zero-order valence-corrected chi connectivity index (χ0v) is 15.5. The van der Waals surface area contributed by atoms with Gasteiger partial charge < -0.3 is 24.4 Å². The maximum atomic E-state index is 13.0. The molecule has 27 heavy (non-hydrogen) atoms. The van der Waals surface area contributed by atoms with Crippen molar-refractivity contribution in [2.45, 2.75) is 19.5 Å². The predicted octanol–water partition coefficient (Wildman–Crippen LogP) is 2.80. The molecule has 0 bridgehead atoms. The van der Waals surface area contributed by atoms with E-state index in [1.807, 2.05) is 0 Å². The Kier molecular flexibility index (Phi) is 4.31. The lowest BCUT2D eigenvalue weighted by molar-refractivity contribution is -0.126. The summed E-state index contributed by atoms with van der Waals surface area (Å²) in [5.74, 6) is 1.26. The van der Waals surface area contributed by atoms with E-state index in [0.29, 0.717) is 33.5 Å². The van der Waals surface area contributed by atoms with Crippen LogP contribution in [0.4, 0.5) is 5.69 Å². The molecule has 2 aromatic rings. The zero-order chi connectivity index (χ0) is 19.1. The number of amides is 2. The Hall–Kier alpha value is -2.93.